The summed E-state index contributed by atoms with van der Waals surface area (Å²) in [4.78, 5) is 1.18. The largest absolute Gasteiger partial charge is 0.313 e. The fraction of sp³-hybridized carbons (Fsp3) is 0.222. The zero-order valence-electron chi connectivity index (χ0n) is 7.24. The molecule has 0 bridgehead atoms. The lowest BCUT2D eigenvalue weighted by Gasteiger charge is -1.95. The maximum Gasteiger partial charge on any atom is 0.0997 e. The summed E-state index contributed by atoms with van der Waals surface area (Å²) in [6, 6.07) is 4.08. The van der Waals surface area contributed by atoms with Gasteiger partial charge in [0.2, 0.25) is 0 Å². The molecule has 3 heteroatoms. The van der Waals surface area contributed by atoms with Gasteiger partial charge in [-0.15, -0.1) is 11.3 Å². The summed E-state index contributed by atoms with van der Waals surface area (Å²) >= 11 is 1.69. The Bertz CT molecular complexity index is 273. The minimum Gasteiger partial charge on any atom is -0.313 e. The first-order valence-electron chi connectivity index (χ1n) is 3.79. The van der Waals surface area contributed by atoms with Crippen LogP contribution in [0.2, 0.25) is 0 Å². The van der Waals surface area contributed by atoms with Crippen LogP contribution in [-0.4, -0.2) is 12.8 Å². The highest BCUT2D eigenvalue weighted by Crippen LogP contribution is 2.10. The molecule has 64 valence electrons. The van der Waals surface area contributed by atoms with Crippen molar-refractivity contribution in [3.8, 4) is 0 Å². The van der Waals surface area contributed by atoms with Crippen LogP contribution in [0.5, 0.6) is 0 Å². The smallest absolute Gasteiger partial charge is 0.0997 e. The Hall–Kier alpha value is -1.09. The van der Waals surface area contributed by atoms with Crippen molar-refractivity contribution >= 4 is 17.0 Å². The van der Waals surface area contributed by atoms with Crippen molar-refractivity contribution in [2.24, 2.45) is 5.10 Å². The summed E-state index contributed by atoms with van der Waals surface area (Å²) in [6.45, 7) is 1.98. The van der Waals surface area contributed by atoms with Crippen LogP contribution < -0.4 is 5.43 Å². The highest BCUT2D eigenvalue weighted by atomic mass is 32.1. The van der Waals surface area contributed by atoms with Gasteiger partial charge in [-0.05, 0) is 24.4 Å². The van der Waals surface area contributed by atoms with Crippen LogP contribution in [0.25, 0.3) is 0 Å². The van der Waals surface area contributed by atoms with Crippen molar-refractivity contribution in [1.82, 2.24) is 5.43 Å². The van der Waals surface area contributed by atoms with Crippen molar-refractivity contribution in [3.63, 3.8) is 0 Å². The van der Waals surface area contributed by atoms with Gasteiger partial charge in [0.05, 0.1) is 10.6 Å². The molecular weight excluding hydrogens is 168 g/mol. The van der Waals surface area contributed by atoms with Crippen LogP contribution >= 0.6 is 11.3 Å². The predicted octanol–water partition coefficient (Wildman–Crippen LogP) is 2.25. The molecule has 0 aromatic carbocycles. The zero-order valence-corrected chi connectivity index (χ0v) is 8.06. The van der Waals surface area contributed by atoms with Crippen LogP contribution in [0.4, 0.5) is 0 Å². The molecular formula is C9H12N2S. The number of nitrogens with zero attached hydrogens (tertiary/aromatic N) is 1. The number of rotatable bonds is 3. The number of hydrogen-bond acceptors (Lipinski definition) is 3. The molecule has 0 amide bonds. The lowest BCUT2D eigenvalue weighted by Crippen LogP contribution is -2.02. The van der Waals surface area contributed by atoms with E-state index in [1.807, 2.05) is 30.5 Å². The van der Waals surface area contributed by atoms with Crippen LogP contribution in [0.15, 0.2) is 34.8 Å². The molecule has 1 aromatic rings. The van der Waals surface area contributed by atoms with Gasteiger partial charge in [-0.3, -0.25) is 0 Å². The van der Waals surface area contributed by atoms with Gasteiger partial charge in [-0.2, -0.15) is 5.10 Å². The molecule has 0 spiro atoms. The highest BCUT2D eigenvalue weighted by molar-refractivity contribution is 7.12. The van der Waals surface area contributed by atoms with Crippen LogP contribution in [0, 0.1) is 0 Å². The second-order valence-electron chi connectivity index (χ2n) is 2.20. The lowest BCUT2D eigenvalue weighted by atomic mass is 10.3. The van der Waals surface area contributed by atoms with Crippen LogP contribution in [0.1, 0.15) is 11.8 Å². The van der Waals surface area contributed by atoms with E-state index in [-0.39, 0.29) is 0 Å². The summed E-state index contributed by atoms with van der Waals surface area (Å²) in [7, 11) is 1.80. The first-order valence-corrected chi connectivity index (χ1v) is 4.67. The van der Waals surface area contributed by atoms with Gasteiger partial charge >= 0.3 is 0 Å². The number of hydrazone groups is 1. The summed E-state index contributed by atoms with van der Waals surface area (Å²) < 4.78 is 0. The average molecular weight is 180 g/mol. The molecule has 0 saturated heterocycles. The molecule has 1 rings (SSSR count). The molecule has 1 heterocycles. The number of nitrogens with one attached hydrogen (secondary N) is 1. The quantitative estimate of drug-likeness (QED) is 0.560. The van der Waals surface area contributed by atoms with Gasteiger partial charge in [0, 0.05) is 7.05 Å². The molecule has 0 radical (unpaired) electrons. The number of allylic oxidation sites excluding steroid dienone is 2. The Kier molecular flexibility index (Phi) is 3.54. The third kappa shape index (κ3) is 2.20. The molecule has 0 fully saturated rings. The Balaban J connectivity index is 2.88. The Morgan fingerprint density at radius 1 is 1.67 bits per heavy atom. The van der Waals surface area contributed by atoms with E-state index < -0.39 is 0 Å². The third-order valence-corrected chi connectivity index (χ3v) is 2.22. The van der Waals surface area contributed by atoms with E-state index in [1.54, 1.807) is 18.4 Å². The van der Waals surface area contributed by atoms with Gasteiger partial charge in [0.25, 0.3) is 0 Å². The molecule has 0 atom stereocenters. The second-order valence-corrected chi connectivity index (χ2v) is 3.15. The Labute approximate surface area is 76.6 Å². The number of thiophene rings is 1. The normalized spacial score (nSPS) is 12.3. The van der Waals surface area contributed by atoms with E-state index in [0.717, 1.165) is 5.71 Å². The molecule has 2 nitrogen and oxygen atoms in total. The van der Waals surface area contributed by atoms with Crippen LogP contribution in [0.3, 0.4) is 0 Å². The fourth-order valence-corrected chi connectivity index (χ4v) is 1.57. The van der Waals surface area contributed by atoms with E-state index in [1.165, 1.54) is 4.88 Å². The molecule has 0 aliphatic heterocycles. The minimum atomic E-state index is 0.981. The van der Waals surface area contributed by atoms with E-state index >= 15 is 0 Å². The minimum absolute atomic E-state index is 0.981. The SMILES string of the molecule is C/C=C/C(=N\NC)c1cccs1. The molecule has 0 saturated carbocycles. The van der Waals surface area contributed by atoms with Crippen molar-refractivity contribution < 1.29 is 0 Å². The predicted molar refractivity (Wildman–Crippen MR) is 54.7 cm³/mol. The van der Waals surface area contributed by atoms with Gasteiger partial charge in [-0.25, -0.2) is 0 Å². The van der Waals surface area contributed by atoms with Gasteiger partial charge in [0.15, 0.2) is 0 Å². The molecule has 0 aliphatic carbocycles. The topological polar surface area (TPSA) is 24.4 Å². The molecule has 1 aromatic heterocycles. The molecule has 12 heavy (non-hydrogen) atoms. The van der Waals surface area contributed by atoms with Crippen molar-refractivity contribution in [1.29, 1.82) is 0 Å². The van der Waals surface area contributed by atoms with Gasteiger partial charge < -0.3 is 5.43 Å². The molecule has 0 aliphatic rings. The van der Waals surface area contributed by atoms with E-state index in [9.17, 15) is 0 Å². The monoisotopic (exact) mass is 180 g/mol. The highest BCUT2D eigenvalue weighted by Gasteiger charge is 1.98. The molecule has 1 N–H and O–H groups in total. The maximum absolute atomic E-state index is 4.15. The van der Waals surface area contributed by atoms with Crippen molar-refractivity contribution in [2.45, 2.75) is 6.92 Å². The second kappa shape index (κ2) is 4.72. The first kappa shape index (κ1) is 9.00. The molecule has 0 unspecified atom stereocenters. The van der Waals surface area contributed by atoms with E-state index in [2.05, 4.69) is 16.6 Å². The van der Waals surface area contributed by atoms with Crippen LogP contribution in [-0.2, 0) is 0 Å². The number of hydrogen-bond donors (Lipinski definition) is 1. The van der Waals surface area contributed by atoms with Crippen molar-refractivity contribution in [3.05, 3.63) is 34.5 Å². The van der Waals surface area contributed by atoms with E-state index in [4.69, 9.17) is 0 Å². The lowest BCUT2D eigenvalue weighted by molar-refractivity contribution is 0.903. The summed E-state index contributed by atoms with van der Waals surface area (Å²) in [5.41, 5.74) is 3.77. The Morgan fingerprint density at radius 2 is 2.50 bits per heavy atom. The summed E-state index contributed by atoms with van der Waals surface area (Å²) in [6.07, 6.45) is 3.97. The van der Waals surface area contributed by atoms with E-state index in [0.29, 0.717) is 0 Å². The first-order chi connectivity index (χ1) is 5.88. The average Bonchev–Trinajstić information content (AvgIpc) is 2.56. The summed E-state index contributed by atoms with van der Waals surface area (Å²) in [5, 5.41) is 6.19. The Morgan fingerprint density at radius 3 is 3.00 bits per heavy atom. The zero-order chi connectivity index (χ0) is 8.81. The standard InChI is InChI=1S/C9H12N2S/c1-3-5-8(11-10-2)9-6-4-7-12-9/h3-7,10H,1-2H3/b5-3+,11-8+. The van der Waals surface area contributed by atoms with Crippen molar-refractivity contribution in [2.75, 3.05) is 7.05 Å². The fourth-order valence-electron chi connectivity index (χ4n) is 0.877. The summed E-state index contributed by atoms with van der Waals surface area (Å²) in [5.74, 6) is 0. The van der Waals surface area contributed by atoms with Gasteiger partial charge in [-0.1, -0.05) is 12.1 Å². The third-order valence-electron chi connectivity index (χ3n) is 1.33. The van der Waals surface area contributed by atoms with Gasteiger partial charge in [0.1, 0.15) is 0 Å². The maximum atomic E-state index is 4.15.